The van der Waals surface area contributed by atoms with Crippen LogP contribution in [0.4, 0.5) is 13.2 Å². The SMILES string of the molecule is COc1ccc(Cn2c(=O)nc(C(F)(F)F)c3ccccc32)cc1. The van der Waals surface area contributed by atoms with Gasteiger partial charge in [0.05, 0.1) is 19.2 Å². The number of hydrogen-bond acceptors (Lipinski definition) is 3. The summed E-state index contributed by atoms with van der Waals surface area (Å²) in [5, 5.41) is -0.0990. The van der Waals surface area contributed by atoms with Crippen LogP contribution < -0.4 is 10.4 Å². The van der Waals surface area contributed by atoms with Gasteiger partial charge in [-0.15, -0.1) is 0 Å². The fourth-order valence-corrected chi connectivity index (χ4v) is 2.51. The molecule has 4 nitrogen and oxygen atoms in total. The van der Waals surface area contributed by atoms with E-state index in [1.54, 1.807) is 30.3 Å². The van der Waals surface area contributed by atoms with Crippen LogP contribution >= 0.6 is 0 Å². The van der Waals surface area contributed by atoms with Crippen molar-refractivity contribution in [3.63, 3.8) is 0 Å². The summed E-state index contributed by atoms with van der Waals surface area (Å²) in [5.74, 6) is 0.654. The number of aromatic nitrogens is 2. The predicted molar refractivity (Wildman–Crippen MR) is 83.1 cm³/mol. The number of fused-ring (bicyclic) bond motifs is 1. The van der Waals surface area contributed by atoms with Gasteiger partial charge in [0, 0.05) is 5.39 Å². The highest BCUT2D eigenvalue weighted by molar-refractivity contribution is 5.81. The molecular formula is C17H13F3N2O2. The zero-order valence-electron chi connectivity index (χ0n) is 12.7. The molecule has 0 fully saturated rings. The highest BCUT2D eigenvalue weighted by atomic mass is 19.4. The molecule has 0 bridgehead atoms. The second kappa shape index (κ2) is 5.99. The average Bonchev–Trinajstić information content (AvgIpc) is 2.56. The lowest BCUT2D eigenvalue weighted by Gasteiger charge is -2.14. The number of methoxy groups -OCH3 is 1. The average molecular weight is 334 g/mol. The van der Waals surface area contributed by atoms with Crippen LogP contribution in [0, 0.1) is 0 Å². The fraction of sp³-hybridized carbons (Fsp3) is 0.176. The first-order valence-corrected chi connectivity index (χ1v) is 7.10. The van der Waals surface area contributed by atoms with Crippen molar-refractivity contribution >= 4 is 10.9 Å². The maximum atomic E-state index is 13.1. The van der Waals surface area contributed by atoms with Crippen LogP contribution in [-0.4, -0.2) is 16.7 Å². The van der Waals surface area contributed by atoms with E-state index in [9.17, 15) is 18.0 Å². The normalized spacial score (nSPS) is 11.7. The van der Waals surface area contributed by atoms with Gasteiger partial charge in [0.15, 0.2) is 5.69 Å². The Hall–Kier alpha value is -2.83. The van der Waals surface area contributed by atoms with Gasteiger partial charge in [0.1, 0.15) is 5.75 Å². The maximum absolute atomic E-state index is 13.1. The molecule has 3 rings (SSSR count). The van der Waals surface area contributed by atoms with Gasteiger partial charge in [-0.05, 0) is 23.8 Å². The molecule has 0 unspecified atom stereocenters. The number of ether oxygens (including phenoxy) is 1. The summed E-state index contributed by atoms with van der Waals surface area (Å²) >= 11 is 0. The van der Waals surface area contributed by atoms with Crippen molar-refractivity contribution in [2.24, 2.45) is 0 Å². The summed E-state index contributed by atoms with van der Waals surface area (Å²) in [7, 11) is 1.53. The number of hydrogen-bond donors (Lipinski definition) is 0. The van der Waals surface area contributed by atoms with Crippen LogP contribution in [0.1, 0.15) is 11.3 Å². The van der Waals surface area contributed by atoms with Crippen LogP contribution in [0.25, 0.3) is 10.9 Å². The van der Waals surface area contributed by atoms with E-state index in [0.29, 0.717) is 5.75 Å². The van der Waals surface area contributed by atoms with Crippen molar-refractivity contribution in [3.8, 4) is 5.75 Å². The van der Waals surface area contributed by atoms with Gasteiger partial charge in [-0.25, -0.2) is 4.79 Å². The Bertz CT molecular complexity index is 931. The molecule has 24 heavy (non-hydrogen) atoms. The van der Waals surface area contributed by atoms with E-state index in [1.807, 2.05) is 0 Å². The van der Waals surface area contributed by atoms with E-state index in [2.05, 4.69) is 4.98 Å². The molecule has 0 aliphatic carbocycles. The molecular weight excluding hydrogens is 321 g/mol. The number of para-hydroxylation sites is 1. The van der Waals surface area contributed by atoms with Gasteiger partial charge in [-0.2, -0.15) is 18.2 Å². The molecule has 1 aromatic heterocycles. The van der Waals surface area contributed by atoms with Crippen molar-refractivity contribution in [2.75, 3.05) is 7.11 Å². The highest BCUT2D eigenvalue weighted by Gasteiger charge is 2.35. The van der Waals surface area contributed by atoms with E-state index < -0.39 is 17.6 Å². The summed E-state index contributed by atoms with van der Waals surface area (Å²) in [6.07, 6.45) is -4.68. The third-order valence-electron chi connectivity index (χ3n) is 3.66. The topological polar surface area (TPSA) is 44.1 Å². The molecule has 1 heterocycles. The highest BCUT2D eigenvalue weighted by Crippen LogP contribution is 2.32. The standard InChI is InChI=1S/C17H13F3N2O2/c1-24-12-8-6-11(7-9-12)10-22-14-5-3-2-4-13(14)15(17(18,19)20)21-16(22)23/h2-9H,10H2,1H3. The molecule has 0 aliphatic heterocycles. The fourth-order valence-electron chi connectivity index (χ4n) is 2.51. The lowest BCUT2D eigenvalue weighted by molar-refractivity contribution is -0.140. The number of rotatable bonds is 3. The zero-order valence-corrected chi connectivity index (χ0v) is 12.7. The Morgan fingerprint density at radius 3 is 2.38 bits per heavy atom. The van der Waals surface area contributed by atoms with Crippen LogP contribution in [0.5, 0.6) is 5.75 Å². The first-order chi connectivity index (χ1) is 11.4. The first kappa shape index (κ1) is 16.0. The largest absolute Gasteiger partial charge is 0.497 e. The van der Waals surface area contributed by atoms with E-state index in [1.165, 1.54) is 29.9 Å². The molecule has 3 aromatic rings. The van der Waals surface area contributed by atoms with Gasteiger partial charge < -0.3 is 4.74 Å². The minimum absolute atomic E-state index is 0.0990. The molecule has 124 valence electrons. The third-order valence-corrected chi connectivity index (χ3v) is 3.66. The van der Waals surface area contributed by atoms with E-state index >= 15 is 0 Å². The number of benzene rings is 2. The number of nitrogens with zero attached hydrogens (tertiary/aromatic N) is 2. The lowest BCUT2D eigenvalue weighted by Crippen LogP contribution is -2.28. The molecule has 0 amide bonds. The molecule has 0 spiro atoms. The van der Waals surface area contributed by atoms with Gasteiger partial charge >= 0.3 is 11.9 Å². The number of halogens is 3. The molecule has 0 radical (unpaired) electrons. The van der Waals surface area contributed by atoms with Crippen molar-refractivity contribution in [3.05, 3.63) is 70.3 Å². The Labute approximate surface area is 135 Å². The third kappa shape index (κ3) is 2.97. The maximum Gasteiger partial charge on any atom is 0.434 e. The van der Waals surface area contributed by atoms with Crippen molar-refractivity contribution < 1.29 is 17.9 Å². The summed E-state index contributed by atoms with van der Waals surface area (Å²) in [4.78, 5) is 15.4. The van der Waals surface area contributed by atoms with E-state index in [0.717, 1.165) is 5.56 Å². The quantitative estimate of drug-likeness (QED) is 0.737. The molecule has 0 saturated carbocycles. The van der Waals surface area contributed by atoms with E-state index in [-0.39, 0.29) is 17.4 Å². The molecule has 7 heteroatoms. The Morgan fingerprint density at radius 2 is 1.75 bits per heavy atom. The summed E-state index contributed by atoms with van der Waals surface area (Å²) in [6, 6.07) is 12.8. The van der Waals surface area contributed by atoms with Crippen molar-refractivity contribution in [2.45, 2.75) is 12.7 Å². The summed E-state index contributed by atoms with van der Waals surface area (Å²) in [5.41, 5.74) is -1.14. The molecule has 0 saturated heterocycles. The Balaban J connectivity index is 2.14. The molecule has 0 N–H and O–H groups in total. The first-order valence-electron chi connectivity index (χ1n) is 7.10. The van der Waals surface area contributed by atoms with Crippen LogP contribution in [0.2, 0.25) is 0 Å². The lowest BCUT2D eigenvalue weighted by atomic mass is 10.1. The monoisotopic (exact) mass is 334 g/mol. The van der Waals surface area contributed by atoms with Gasteiger partial charge in [-0.1, -0.05) is 30.3 Å². The second-order valence-electron chi connectivity index (χ2n) is 5.19. The van der Waals surface area contributed by atoms with Crippen molar-refractivity contribution in [1.82, 2.24) is 9.55 Å². The van der Waals surface area contributed by atoms with Crippen molar-refractivity contribution in [1.29, 1.82) is 0 Å². The van der Waals surface area contributed by atoms with E-state index in [4.69, 9.17) is 4.74 Å². The second-order valence-corrected chi connectivity index (χ2v) is 5.19. The smallest absolute Gasteiger partial charge is 0.434 e. The minimum Gasteiger partial charge on any atom is -0.497 e. The van der Waals surface area contributed by atoms with Gasteiger partial charge in [0.2, 0.25) is 0 Å². The van der Waals surface area contributed by atoms with Gasteiger partial charge in [-0.3, -0.25) is 4.57 Å². The Kier molecular flexibility index (Phi) is 4.01. The summed E-state index contributed by atoms with van der Waals surface area (Å²) in [6.45, 7) is 0.120. The molecule has 0 aliphatic rings. The molecule has 0 atom stereocenters. The molecule has 2 aromatic carbocycles. The summed E-state index contributed by atoms with van der Waals surface area (Å²) < 4.78 is 45.6. The van der Waals surface area contributed by atoms with Crippen LogP contribution in [-0.2, 0) is 12.7 Å². The number of alkyl halides is 3. The minimum atomic E-state index is -4.68. The van der Waals surface area contributed by atoms with Gasteiger partial charge in [0.25, 0.3) is 0 Å². The Morgan fingerprint density at radius 1 is 1.08 bits per heavy atom. The van der Waals surface area contributed by atoms with Crippen LogP contribution in [0.3, 0.4) is 0 Å². The van der Waals surface area contributed by atoms with Crippen LogP contribution in [0.15, 0.2) is 53.3 Å². The predicted octanol–water partition coefficient (Wildman–Crippen LogP) is 3.47. The zero-order chi connectivity index (χ0) is 17.3.